The number of amidine groups is 1. The molecule has 0 aromatic carbocycles. The van der Waals surface area contributed by atoms with E-state index in [1.165, 1.54) is 44.9 Å². The van der Waals surface area contributed by atoms with Crippen molar-refractivity contribution in [1.82, 2.24) is 0 Å². The topological polar surface area (TPSA) is 38.4 Å². The van der Waals surface area contributed by atoms with Crippen molar-refractivity contribution in [2.75, 3.05) is 0 Å². The monoisotopic (exact) mass is 194 g/mol. The Balaban J connectivity index is 1.84. The average Bonchev–Trinajstić information content (AvgIpc) is 2.98. The van der Waals surface area contributed by atoms with Crippen molar-refractivity contribution in [2.24, 2.45) is 22.6 Å². The molecule has 0 radical (unpaired) electrons. The first-order chi connectivity index (χ1) is 6.81. The zero-order chi connectivity index (χ0) is 9.97. The van der Waals surface area contributed by atoms with Crippen molar-refractivity contribution in [1.29, 1.82) is 0 Å². The molecule has 0 amide bonds. The molecule has 0 aromatic rings. The molecule has 0 saturated heterocycles. The highest BCUT2D eigenvalue weighted by Gasteiger charge is 2.35. The Bertz CT molecular complexity index is 216. The summed E-state index contributed by atoms with van der Waals surface area (Å²) in [6.45, 7) is 2.25. The van der Waals surface area contributed by atoms with Gasteiger partial charge in [-0.15, -0.1) is 0 Å². The van der Waals surface area contributed by atoms with E-state index in [0.717, 1.165) is 11.8 Å². The summed E-state index contributed by atoms with van der Waals surface area (Å²) in [6.07, 6.45) is 9.20. The van der Waals surface area contributed by atoms with Gasteiger partial charge in [-0.05, 0) is 25.2 Å². The van der Waals surface area contributed by atoms with Crippen molar-refractivity contribution in [3.05, 3.63) is 0 Å². The smallest absolute Gasteiger partial charge is 0.0971 e. The second-order valence-electron chi connectivity index (χ2n) is 4.86. The van der Waals surface area contributed by atoms with Crippen LogP contribution in [0.1, 0.15) is 51.9 Å². The molecule has 0 aromatic heterocycles. The first-order valence-corrected chi connectivity index (χ1v) is 6.14. The molecule has 2 nitrogen and oxygen atoms in total. The SMILES string of the molecule is CCC1CC1N=C(N)C1CCCCC1. The van der Waals surface area contributed by atoms with E-state index in [4.69, 9.17) is 5.73 Å². The fourth-order valence-electron chi connectivity index (χ4n) is 2.52. The maximum absolute atomic E-state index is 6.06. The minimum atomic E-state index is 0.585. The van der Waals surface area contributed by atoms with Gasteiger partial charge < -0.3 is 5.73 Å². The van der Waals surface area contributed by atoms with Crippen molar-refractivity contribution < 1.29 is 0 Å². The highest BCUT2D eigenvalue weighted by Crippen LogP contribution is 2.37. The molecule has 2 saturated carbocycles. The van der Waals surface area contributed by atoms with Gasteiger partial charge in [-0.1, -0.05) is 32.6 Å². The van der Waals surface area contributed by atoms with Gasteiger partial charge in [0, 0.05) is 5.92 Å². The number of hydrogen-bond acceptors (Lipinski definition) is 1. The Hall–Kier alpha value is -0.530. The fourth-order valence-corrected chi connectivity index (χ4v) is 2.52. The quantitative estimate of drug-likeness (QED) is 0.544. The zero-order valence-corrected chi connectivity index (χ0v) is 9.21. The minimum absolute atomic E-state index is 0.585. The van der Waals surface area contributed by atoms with Crippen LogP contribution in [-0.4, -0.2) is 11.9 Å². The maximum Gasteiger partial charge on any atom is 0.0971 e. The van der Waals surface area contributed by atoms with E-state index in [2.05, 4.69) is 11.9 Å². The molecule has 2 aliphatic rings. The molecule has 2 N–H and O–H groups in total. The first-order valence-electron chi connectivity index (χ1n) is 6.14. The van der Waals surface area contributed by atoms with Gasteiger partial charge >= 0.3 is 0 Å². The van der Waals surface area contributed by atoms with Crippen LogP contribution in [0.3, 0.4) is 0 Å². The molecule has 2 rings (SSSR count). The Morgan fingerprint density at radius 3 is 2.57 bits per heavy atom. The zero-order valence-electron chi connectivity index (χ0n) is 9.21. The van der Waals surface area contributed by atoms with Crippen LogP contribution in [0.2, 0.25) is 0 Å². The molecule has 0 bridgehead atoms. The average molecular weight is 194 g/mol. The lowest BCUT2D eigenvalue weighted by Crippen LogP contribution is -2.26. The summed E-state index contributed by atoms with van der Waals surface area (Å²) < 4.78 is 0. The van der Waals surface area contributed by atoms with E-state index in [-0.39, 0.29) is 0 Å². The summed E-state index contributed by atoms with van der Waals surface area (Å²) in [7, 11) is 0. The number of nitrogens with zero attached hydrogens (tertiary/aromatic N) is 1. The fraction of sp³-hybridized carbons (Fsp3) is 0.917. The summed E-state index contributed by atoms with van der Waals surface area (Å²) >= 11 is 0. The van der Waals surface area contributed by atoms with Crippen LogP contribution in [0, 0.1) is 11.8 Å². The minimum Gasteiger partial charge on any atom is -0.387 e. The van der Waals surface area contributed by atoms with Crippen LogP contribution in [0.15, 0.2) is 4.99 Å². The van der Waals surface area contributed by atoms with Gasteiger partial charge in [0.15, 0.2) is 0 Å². The molecule has 2 atom stereocenters. The number of hydrogen-bond donors (Lipinski definition) is 1. The van der Waals surface area contributed by atoms with Crippen LogP contribution >= 0.6 is 0 Å². The molecule has 14 heavy (non-hydrogen) atoms. The number of rotatable bonds is 3. The third kappa shape index (κ3) is 2.28. The van der Waals surface area contributed by atoms with Crippen LogP contribution in [0.4, 0.5) is 0 Å². The Kier molecular flexibility index (Phi) is 3.09. The highest BCUT2D eigenvalue weighted by molar-refractivity contribution is 5.83. The highest BCUT2D eigenvalue weighted by atomic mass is 14.9. The molecule has 80 valence electrons. The van der Waals surface area contributed by atoms with Crippen LogP contribution in [0.25, 0.3) is 0 Å². The van der Waals surface area contributed by atoms with Gasteiger partial charge in [0.1, 0.15) is 0 Å². The number of aliphatic imine (C=N–C) groups is 1. The van der Waals surface area contributed by atoms with E-state index in [9.17, 15) is 0 Å². The largest absolute Gasteiger partial charge is 0.387 e. The van der Waals surface area contributed by atoms with Crippen molar-refractivity contribution in [3.8, 4) is 0 Å². The molecular weight excluding hydrogens is 172 g/mol. The third-order valence-electron chi connectivity index (χ3n) is 3.75. The van der Waals surface area contributed by atoms with Gasteiger partial charge in [0.2, 0.25) is 0 Å². The molecular formula is C12H22N2. The molecule has 2 heteroatoms. The predicted molar refractivity (Wildman–Crippen MR) is 60.4 cm³/mol. The molecule has 0 spiro atoms. The van der Waals surface area contributed by atoms with Gasteiger partial charge in [0.25, 0.3) is 0 Å². The Morgan fingerprint density at radius 2 is 2.00 bits per heavy atom. The first kappa shape index (κ1) is 10.0. The normalized spacial score (nSPS) is 34.5. The summed E-state index contributed by atoms with van der Waals surface area (Å²) in [4.78, 5) is 4.66. The van der Waals surface area contributed by atoms with E-state index in [1.807, 2.05) is 0 Å². The van der Waals surface area contributed by atoms with E-state index in [0.29, 0.717) is 12.0 Å². The number of nitrogens with two attached hydrogens (primary N) is 1. The second kappa shape index (κ2) is 4.33. The van der Waals surface area contributed by atoms with Crippen LogP contribution in [0.5, 0.6) is 0 Å². The molecule has 2 unspecified atom stereocenters. The van der Waals surface area contributed by atoms with E-state index >= 15 is 0 Å². The molecule has 0 heterocycles. The van der Waals surface area contributed by atoms with Gasteiger partial charge in [0.05, 0.1) is 11.9 Å². The summed E-state index contributed by atoms with van der Waals surface area (Å²) in [5.41, 5.74) is 6.06. The summed E-state index contributed by atoms with van der Waals surface area (Å²) in [5, 5.41) is 0. The van der Waals surface area contributed by atoms with E-state index < -0.39 is 0 Å². The summed E-state index contributed by atoms with van der Waals surface area (Å²) in [5.74, 6) is 2.42. The predicted octanol–water partition coefficient (Wildman–Crippen LogP) is 2.72. The lowest BCUT2D eigenvalue weighted by atomic mass is 9.88. The van der Waals surface area contributed by atoms with E-state index in [1.54, 1.807) is 0 Å². The van der Waals surface area contributed by atoms with Crippen molar-refractivity contribution in [2.45, 2.75) is 57.9 Å². The lowest BCUT2D eigenvalue weighted by Gasteiger charge is -2.20. The molecule has 2 fully saturated rings. The van der Waals surface area contributed by atoms with Gasteiger partial charge in [-0.25, -0.2) is 0 Å². The standard InChI is InChI=1S/C12H22N2/c1-2-9-8-11(9)14-12(13)10-6-4-3-5-7-10/h9-11H,2-8H2,1H3,(H2,13,14). The maximum atomic E-state index is 6.06. The molecule has 2 aliphatic carbocycles. The van der Waals surface area contributed by atoms with Crippen LogP contribution in [-0.2, 0) is 0 Å². The van der Waals surface area contributed by atoms with Gasteiger partial charge in [-0.3, -0.25) is 4.99 Å². The summed E-state index contributed by atoms with van der Waals surface area (Å²) in [6, 6.07) is 0.585. The van der Waals surface area contributed by atoms with Crippen LogP contribution < -0.4 is 5.73 Å². The second-order valence-corrected chi connectivity index (χ2v) is 4.86. The lowest BCUT2D eigenvalue weighted by molar-refractivity contribution is 0.436. The van der Waals surface area contributed by atoms with Crippen molar-refractivity contribution >= 4 is 5.84 Å². The third-order valence-corrected chi connectivity index (χ3v) is 3.75. The Labute approximate surface area is 87.0 Å². The molecule has 0 aliphatic heterocycles. The Morgan fingerprint density at radius 1 is 1.29 bits per heavy atom. The van der Waals surface area contributed by atoms with Gasteiger partial charge in [-0.2, -0.15) is 0 Å². The van der Waals surface area contributed by atoms with Crippen molar-refractivity contribution in [3.63, 3.8) is 0 Å².